The number of esters is 1. The van der Waals surface area contributed by atoms with E-state index in [2.05, 4.69) is 25.4 Å². The summed E-state index contributed by atoms with van der Waals surface area (Å²) in [5.41, 5.74) is -0.423. The zero-order valence-corrected chi connectivity index (χ0v) is 10.2. The molecule has 0 N–H and O–H groups in total. The Morgan fingerprint density at radius 1 is 1.47 bits per heavy atom. The second-order valence-electron chi connectivity index (χ2n) is 2.85. The monoisotopic (exact) mass is 308 g/mol. The second-order valence-corrected chi connectivity index (χ2v) is 3.77. The van der Waals surface area contributed by atoms with Crippen molar-refractivity contribution in [3.05, 3.63) is 27.7 Å². The highest BCUT2D eigenvalue weighted by Gasteiger charge is 2.19. The molecule has 92 valence electrons. The predicted molar refractivity (Wildman–Crippen MR) is 57.5 cm³/mol. The van der Waals surface area contributed by atoms with Crippen LogP contribution in [0.4, 0.5) is 8.78 Å². The molecule has 7 heteroatoms. The third-order valence-electron chi connectivity index (χ3n) is 1.85. The van der Waals surface area contributed by atoms with Crippen LogP contribution in [-0.2, 0) is 4.74 Å². The van der Waals surface area contributed by atoms with Gasteiger partial charge in [-0.1, -0.05) is 15.9 Å². The molecule has 0 saturated carbocycles. The van der Waals surface area contributed by atoms with E-state index in [0.29, 0.717) is 4.47 Å². The van der Waals surface area contributed by atoms with Crippen LogP contribution in [0.15, 0.2) is 16.6 Å². The summed E-state index contributed by atoms with van der Waals surface area (Å²) >= 11 is 3.02. The van der Waals surface area contributed by atoms with E-state index in [-0.39, 0.29) is 23.2 Å². The van der Waals surface area contributed by atoms with Gasteiger partial charge in [0.15, 0.2) is 6.29 Å². The van der Waals surface area contributed by atoms with E-state index < -0.39 is 12.6 Å². The number of rotatable bonds is 4. The van der Waals surface area contributed by atoms with Crippen LogP contribution in [-0.4, -0.2) is 26.0 Å². The molecule has 0 bridgehead atoms. The Morgan fingerprint density at radius 3 is 2.59 bits per heavy atom. The van der Waals surface area contributed by atoms with E-state index in [0.717, 1.165) is 7.11 Å². The smallest absolute Gasteiger partial charge is 0.387 e. The van der Waals surface area contributed by atoms with Crippen LogP contribution >= 0.6 is 15.9 Å². The SMILES string of the molecule is COC(=O)c1cc(Br)cc(OC(F)F)c1C=O. The Kier molecular flexibility index (Phi) is 4.56. The standard InChI is InChI=1S/C10H7BrF2O4/c1-16-9(15)6-2-5(11)3-8(7(6)4-14)17-10(12)13/h2-4,10H,1H3. The molecule has 1 rings (SSSR count). The number of alkyl halides is 2. The molecular weight excluding hydrogens is 302 g/mol. The summed E-state index contributed by atoms with van der Waals surface area (Å²) in [4.78, 5) is 22.2. The fraction of sp³-hybridized carbons (Fsp3) is 0.200. The van der Waals surface area contributed by atoms with E-state index in [4.69, 9.17) is 0 Å². The molecule has 1 aromatic carbocycles. The largest absolute Gasteiger partial charge is 0.465 e. The number of methoxy groups -OCH3 is 1. The Bertz CT molecular complexity index is 448. The molecule has 0 atom stereocenters. The van der Waals surface area contributed by atoms with E-state index in [1.807, 2.05) is 0 Å². The molecule has 0 aliphatic carbocycles. The first kappa shape index (κ1) is 13.6. The number of carbonyl (C=O) groups is 2. The molecule has 0 spiro atoms. The van der Waals surface area contributed by atoms with Crippen molar-refractivity contribution in [2.24, 2.45) is 0 Å². The lowest BCUT2D eigenvalue weighted by Gasteiger charge is -2.10. The lowest BCUT2D eigenvalue weighted by atomic mass is 10.1. The lowest BCUT2D eigenvalue weighted by Crippen LogP contribution is -2.10. The minimum atomic E-state index is -3.09. The molecule has 0 radical (unpaired) electrons. The summed E-state index contributed by atoms with van der Waals surface area (Å²) < 4.78 is 33.1. The van der Waals surface area contributed by atoms with Crippen LogP contribution in [0, 0.1) is 0 Å². The zero-order valence-electron chi connectivity index (χ0n) is 8.58. The van der Waals surface area contributed by atoms with Crippen molar-refractivity contribution in [2.75, 3.05) is 7.11 Å². The van der Waals surface area contributed by atoms with Crippen LogP contribution in [0.2, 0.25) is 0 Å². The highest BCUT2D eigenvalue weighted by molar-refractivity contribution is 9.10. The van der Waals surface area contributed by atoms with Crippen molar-refractivity contribution in [1.82, 2.24) is 0 Å². The van der Waals surface area contributed by atoms with Crippen molar-refractivity contribution in [2.45, 2.75) is 6.61 Å². The number of carbonyl (C=O) groups excluding carboxylic acids is 2. The van der Waals surface area contributed by atoms with Crippen molar-refractivity contribution < 1.29 is 27.8 Å². The van der Waals surface area contributed by atoms with Crippen LogP contribution in [0.1, 0.15) is 20.7 Å². The molecule has 0 aliphatic rings. The van der Waals surface area contributed by atoms with Gasteiger partial charge >= 0.3 is 12.6 Å². The summed E-state index contributed by atoms with van der Waals surface area (Å²) in [6.07, 6.45) is 0.260. The van der Waals surface area contributed by atoms with Gasteiger partial charge in [-0.05, 0) is 12.1 Å². The highest BCUT2D eigenvalue weighted by atomic mass is 79.9. The van der Waals surface area contributed by atoms with Gasteiger partial charge < -0.3 is 9.47 Å². The molecule has 17 heavy (non-hydrogen) atoms. The summed E-state index contributed by atoms with van der Waals surface area (Å²) in [5, 5.41) is 0. The van der Waals surface area contributed by atoms with Gasteiger partial charge in [0.05, 0.1) is 18.2 Å². The number of benzene rings is 1. The molecule has 4 nitrogen and oxygen atoms in total. The van der Waals surface area contributed by atoms with Gasteiger partial charge in [-0.2, -0.15) is 8.78 Å². The molecule has 0 heterocycles. The molecule has 0 saturated heterocycles. The maximum Gasteiger partial charge on any atom is 0.387 e. The minimum Gasteiger partial charge on any atom is -0.465 e. The molecule has 0 unspecified atom stereocenters. The van der Waals surface area contributed by atoms with E-state index >= 15 is 0 Å². The minimum absolute atomic E-state index is 0.146. The molecule has 1 aromatic rings. The van der Waals surface area contributed by atoms with Gasteiger partial charge in [-0.25, -0.2) is 4.79 Å². The predicted octanol–water partition coefficient (Wildman–Crippen LogP) is 2.65. The molecule has 0 aliphatic heterocycles. The third-order valence-corrected chi connectivity index (χ3v) is 2.30. The van der Waals surface area contributed by atoms with Gasteiger partial charge in [0.2, 0.25) is 0 Å². The Hall–Kier alpha value is -1.50. The second kappa shape index (κ2) is 5.72. The summed E-state index contributed by atoms with van der Waals surface area (Å²) in [5.74, 6) is -1.20. The topological polar surface area (TPSA) is 52.6 Å². The van der Waals surface area contributed by atoms with Gasteiger partial charge in [-0.3, -0.25) is 4.79 Å². The Morgan fingerprint density at radius 2 is 2.12 bits per heavy atom. The number of aldehydes is 1. The Labute approximate surface area is 104 Å². The fourth-order valence-corrected chi connectivity index (χ4v) is 1.62. The average Bonchev–Trinajstić information content (AvgIpc) is 2.26. The van der Waals surface area contributed by atoms with Crippen LogP contribution in [0.3, 0.4) is 0 Å². The number of hydrogen-bond donors (Lipinski definition) is 0. The summed E-state index contributed by atoms with van der Waals surface area (Å²) in [6, 6.07) is 2.45. The van der Waals surface area contributed by atoms with Gasteiger partial charge in [-0.15, -0.1) is 0 Å². The van der Waals surface area contributed by atoms with E-state index in [1.54, 1.807) is 0 Å². The molecule has 0 aromatic heterocycles. The van der Waals surface area contributed by atoms with Crippen molar-refractivity contribution in [3.63, 3.8) is 0 Å². The first-order valence-electron chi connectivity index (χ1n) is 4.31. The number of ether oxygens (including phenoxy) is 2. The summed E-state index contributed by atoms with van der Waals surface area (Å²) in [7, 11) is 1.12. The Balaban J connectivity index is 3.34. The van der Waals surface area contributed by atoms with E-state index in [1.165, 1.54) is 12.1 Å². The lowest BCUT2D eigenvalue weighted by molar-refractivity contribution is -0.0501. The van der Waals surface area contributed by atoms with E-state index in [9.17, 15) is 18.4 Å². The van der Waals surface area contributed by atoms with Crippen LogP contribution < -0.4 is 4.74 Å². The zero-order chi connectivity index (χ0) is 13.0. The molecule has 0 amide bonds. The average molecular weight is 309 g/mol. The highest BCUT2D eigenvalue weighted by Crippen LogP contribution is 2.28. The third kappa shape index (κ3) is 3.23. The fourth-order valence-electron chi connectivity index (χ4n) is 1.19. The summed E-state index contributed by atoms with van der Waals surface area (Å²) in [6.45, 7) is -3.09. The van der Waals surface area contributed by atoms with Crippen LogP contribution in [0.5, 0.6) is 5.75 Å². The first-order valence-corrected chi connectivity index (χ1v) is 5.10. The molecular formula is C10H7BrF2O4. The van der Waals surface area contributed by atoms with Crippen molar-refractivity contribution >= 4 is 28.2 Å². The van der Waals surface area contributed by atoms with Crippen molar-refractivity contribution in [1.29, 1.82) is 0 Å². The van der Waals surface area contributed by atoms with Gasteiger partial charge in [0.25, 0.3) is 0 Å². The first-order chi connectivity index (χ1) is 7.99. The normalized spacial score (nSPS) is 10.2. The molecule has 0 fully saturated rings. The van der Waals surface area contributed by atoms with Crippen molar-refractivity contribution in [3.8, 4) is 5.75 Å². The quantitative estimate of drug-likeness (QED) is 0.634. The maximum absolute atomic E-state index is 12.1. The maximum atomic E-state index is 12.1. The van der Waals surface area contributed by atoms with Crippen LogP contribution in [0.25, 0.3) is 0 Å². The number of halogens is 3. The van der Waals surface area contributed by atoms with Gasteiger partial charge in [0, 0.05) is 4.47 Å². The number of hydrogen-bond acceptors (Lipinski definition) is 4. The van der Waals surface area contributed by atoms with Gasteiger partial charge in [0.1, 0.15) is 5.75 Å².